The number of ether oxygens (including phenoxy) is 1. The number of nitrogens with one attached hydrogen (secondary N) is 1. The van der Waals surface area contributed by atoms with E-state index in [0.29, 0.717) is 13.0 Å². The van der Waals surface area contributed by atoms with Crippen molar-refractivity contribution >= 4 is 17.2 Å². The van der Waals surface area contributed by atoms with Crippen LogP contribution in [0, 0.1) is 6.92 Å². The molecule has 0 fully saturated rings. The van der Waals surface area contributed by atoms with Gasteiger partial charge in [0.25, 0.3) is 0 Å². The number of benzene rings is 1. The number of fused-ring (bicyclic) bond motifs is 1. The smallest absolute Gasteiger partial charge is 0.220 e. The quantitative estimate of drug-likeness (QED) is 0.922. The van der Waals surface area contributed by atoms with Crippen molar-refractivity contribution in [3.05, 3.63) is 45.4 Å². The normalized spacial score (nSPS) is 13.3. The van der Waals surface area contributed by atoms with Crippen molar-refractivity contribution in [2.45, 2.75) is 39.2 Å². The number of nitrogens with zero attached hydrogens (tertiary/aromatic N) is 1. The minimum Gasteiger partial charge on any atom is -0.493 e. The van der Waals surface area contributed by atoms with E-state index in [4.69, 9.17) is 4.74 Å². The highest BCUT2D eigenvalue weighted by molar-refractivity contribution is 7.09. The highest BCUT2D eigenvalue weighted by Gasteiger charge is 2.11. The van der Waals surface area contributed by atoms with Gasteiger partial charge in [-0.05, 0) is 43.4 Å². The first-order valence-corrected chi connectivity index (χ1v) is 8.50. The molecule has 4 nitrogen and oxygen atoms in total. The number of aryl methyl sites for hydroxylation is 3. The van der Waals surface area contributed by atoms with Crippen LogP contribution in [0.1, 0.15) is 34.5 Å². The van der Waals surface area contributed by atoms with Crippen LogP contribution in [0.2, 0.25) is 0 Å². The molecule has 22 heavy (non-hydrogen) atoms. The Morgan fingerprint density at radius 1 is 1.45 bits per heavy atom. The van der Waals surface area contributed by atoms with Crippen molar-refractivity contribution in [3.8, 4) is 5.75 Å². The summed E-state index contributed by atoms with van der Waals surface area (Å²) in [5.41, 5.74) is 5.25. The molecule has 0 unspecified atom stereocenters. The molecular formula is C17H20N2O2S. The molecule has 0 radical (unpaired) electrons. The molecule has 1 aromatic heterocycles. The van der Waals surface area contributed by atoms with E-state index < -0.39 is 0 Å². The number of aromatic nitrogens is 1. The molecule has 0 saturated carbocycles. The van der Waals surface area contributed by atoms with E-state index >= 15 is 0 Å². The van der Waals surface area contributed by atoms with Crippen molar-refractivity contribution in [2.24, 2.45) is 0 Å². The Kier molecular flexibility index (Phi) is 4.73. The van der Waals surface area contributed by atoms with Crippen LogP contribution in [-0.2, 0) is 24.2 Å². The molecule has 0 saturated heterocycles. The molecule has 2 aromatic rings. The number of thiazole rings is 1. The molecular weight excluding hydrogens is 296 g/mol. The van der Waals surface area contributed by atoms with E-state index in [1.807, 2.05) is 24.6 Å². The summed E-state index contributed by atoms with van der Waals surface area (Å²) in [5, 5.41) is 2.99. The van der Waals surface area contributed by atoms with Crippen LogP contribution >= 0.6 is 11.3 Å². The summed E-state index contributed by atoms with van der Waals surface area (Å²) in [6.07, 6.45) is 3.40. The van der Waals surface area contributed by atoms with Gasteiger partial charge in [-0.15, -0.1) is 11.3 Å². The first-order chi connectivity index (χ1) is 10.7. The molecule has 1 aliphatic heterocycles. The lowest BCUT2D eigenvalue weighted by Crippen LogP contribution is -2.23. The van der Waals surface area contributed by atoms with Gasteiger partial charge in [-0.3, -0.25) is 4.79 Å². The van der Waals surface area contributed by atoms with E-state index in [2.05, 4.69) is 16.4 Å². The SMILES string of the molecule is Cc1ncsc1CCC(=O)NCc1ccc2c(c1)CCCO2. The zero-order valence-electron chi connectivity index (χ0n) is 12.7. The summed E-state index contributed by atoms with van der Waals surface area (Å²) in [7, 11) is 0. The highest BCUT2D eigenvalue weighted by atomic mass is 32.1. The van der Waals surface area contributed by atoms with Crippen LogP contribution in [0.25, 0.3) is 0 Å². The van der Waals surface area contributed by atoms with Gasteiger partial charge in [-0.1, -0.05) is 12.1 Å². The van der Waals surface area contributed by atoms with Crippen molar-refractivity contribution in [1.82, 2.24) is 10.3 Å². The first kappa shape index (κ1) is 15.0. The first-order valence-electron chi connectivity index (χ1n) is 7.62. The summed E-state index contributed by atoms with van der Waals surface area (Å²) >= 11 is 1.62. The largest absolute Gasteiger partial charge is 0.493 e. The fourth-order valence-electron chi connectivity index (χ4n) is 2.61. The molecule has 1 amide bonds. The predicted molar refractivity (Wildman–Crippen MR) is 87.3 cm³/mol. The molecule has 0 bridgehead atoms. The molecule has 2 heterocycles. The zero-order valence-corrected chi connectivity index (χ0v) is 13.5. The second-order valence-corrected chi connectivity index (χ2v) is 6.47. The second-order valence-electron chi connectivity index (χ2n) is 5.53. The summed E-state index contributed by atoms with van der Waals surface area (Å²) in [6, 6.07) is 6.18. The van der Waals surface area contributed by atoms with Gasteiger partial charge >= 0.3 is 0 Å². The van der Waals surface area contributed by atoms with Crippen LogP contribution in [-0.4, -0.2) is 17.5 Å². The van der Waals surface area contributed by atoms with E-state index in [0.717, 1.165) is 42.9 Å². The van der Waals surface area contributed by atoms with E-state index in [-0.39, 0.29) is 5.91 Å². The summed E-state index contributed by atoms with van der Waals surface area (Å²) < 4.78 is 5.60. The van der Waals surface area contributed by atoms with Crippen molar-refractivity contribution in [3.63, 3.8) is 0 Å². The van der Waals surface area contributed by atoms with Gasteiger partial charge in [0.1, 0.15) is 5.75 Å². The molecule has 116 valence electrons. The summed E-state index contributed by atoms with van der Waals surface area (Å²) in [5.74, 6) is 1.07. The maximum absolute atomic E-state index is 12.0. The Labute approximate surface area is 134 Å². The standard InChI is InChI=1S/C17H20N2O2S/c1-12-16(22-11-19-12)6-7-17(20)18-10-13-4-5-15-14(9-13)3-2-8-21-15/h4-5,9,11H,2-3,6-8,10H2,1H3,(H,18,20). The van der Waals surface area contributed by atoms with Gasteiger partial charge in [-0.25, -0.2) is 4.98 Å². The van der Waals surface area contributed by atoms with E-state index in [1.165, 1.54) is 10.4 Å². The van der Waals surface area contributed by atoms with Gasteiger partial charge in [0.05, 0.1) is 17.8 Å². The van der Waals surface area contributed by atoms with Crippen LogP contribution in [0.5, 0.6) is 5.75 Å². The zero-order chi connectivity index (χ0) is 15.4. The molecule has 0 spiro atoms. The second kappa shape index (κ2) is 6.92. The molecule has 0 aliphatic carbocycles. The molecule has 3 rings (SSSR count). The van der Waals surface area contributed by atoms with Crippen molar-refractivity contribution < 1.29 is 9.53 Å². The van der Waals surface area contributed by atoms with Gasteiger partial charge in [0.15, 0.2) is 0 Å². The molecule has 1 aromatic carbocycles. The summed E-state index contributed by atoms with van der Waals surface area (Å²) in [6.45, 7) is 3.37. The number of rotatable bonds is 5. The minimum absolute atomic E-state index is 0.0850. The number of carbonyl (C=O) groups is 1. The molecule has 5 heteroatoms. The number of hydrogen-bond donors (Lipinski definition) is 1. The lowest BCUT2D eigenvalue weighted by molar-refractivity contribution is -0.121. The Balaban J connectivity index is 1.49. The fourth-order valence-corrected chi connectivity index (χ4v) is 3.39. The van der Waals surface area contributed by atoms with E-state index in [9.17, 15) is 4.79 Å². The van der Waals surface area contributed by atoms with Gasteiger partial charge in [-0.2, -0.15) is 0 Å². The average Bonchev–Trinajstić information content (AvgIpc) is 2.96. The molecule has 0 atom stereocenters. The Hall–Kier alpha value is -1.88. The summed E-state index contributed by atoms with van der Waals surface area (Å²) in [4.78, 5) is 17.4. The Morgan fingerprint density at radius 2 is 2.36 bits per heavy atom. The maximum Gasteiger partial charge on any atom is 0.220 e. The van der Waals surface area contributed by atoms with E-state index in [1.54, 1.807) is 11.3 Å². The molecule has 1 aliphatic rings. The van der Waals surface area contributed by atoms with Crippen LogP contribution < -0.4 is 10.1 Å². The maximum atomic E-state index is 12.0. The number of carbonyl (C=O) groups excluding carboxylic acids is 1. The van der Waals surface area contributed by atoms with Crippen LogP contribution in [0.3, 0.4) is 0 Å². The van der Waals surface area contributed by atoms with Crippen molar-refractivity contribution in [1.29, 1.82) is 0 Å². The predicted octanol–water partition coefficient (Wildman–Crippen LogP) is 3.03. The third kappa shape index (κ3) is 3.65. The lowest BCUT2D eigenvalue weighted by atomic mass is 10.0. The number of hydrogen-bond acceptors (Lipinski definition) is 4. The van der Waals surface area contributed by atoms with Gasteiger partial charge in [0, 0.05) is 17.8 Å². The van der Waals surface area contributed by atoms with Gasteiger partial charge < -0.3 is 10.1 Å². The Morgan fingerprint density at radius 3 is 3.18 bits per heavy atom. The van der Waals surface area contributed by atoms with Crippen LogP contribution in [0.4, 0.5) is 0 Å². The van der Waals surface area contributed by atoms with Gasteiger partial charge in [0.2, 0.25) is 5.91 Å². The highest BCUT2D eigenvalue weighted by Crippen LogP contribution is 2.25. The molecule has 1 N–H and O–H groups in total. The minimum atomic E-state index is 0.0850. The Bertz CT molecular complexity index is 666. The van der Waals surface area contributed by atoms with Crippen LogP contribution in [0.15, 0.2) is 23.7 Å². The average molecular weight is 316 g/mol. The number of amides is 1. The topological polar surface area (TPSA) is 51.2 Å². The monoisotopic (exact) mass is 316 g/mol. The third-order valence-corrected chi connectivity index (χ3v) is 4.88. The third-order valence-electron chi connectivity index (χ3n) is 3.89. The fraction of sp³-hybridized carbons (Fsp3) is 0.412. The lowest BCUT2D eigenvalue weighted by Gasteiger charge is -2.18. The van der Waals surface area contributed by atoms with Crippen molar-refractivity contribution in [2.75, 3.05) is 6.61 Å².